The van der Waals surface area contributed by atoms with Gasteiger partial charge in [-0.1, -0.05) is 0 Å². The molecule has 92 valence electrons. The molecule has 5 nitrogen and oxygen atoms in total. The van der Waals surface area contributed by atoms with Gasteiger partial charge in [0.25, 0.3) is 0 Å². The van der Waals surface area contributed by atoms with Crippen molar-refractivity contribution >= 4 is 11.7 Å². The molecule has 1 saturated heterocycles. The number of hydrogen-bond donors (Lipinski definition) is 2. The van der Waals surface area contributed by atoms with E-state index in [1.165, 1.54) is 7.11 Å². The van der Waals surface area contributed by atoms with Crippen LogP contribution in [0.1, 0.15) is 12.0 Å². The molecule has 1 atom stereocenters. The highest BCUT2D eigenvalue weighted by atomic mass is 16.5. The first-order valence-electron chi connectivity index (χ1n) is 5.35. The maximum absolute atomic E-state index is 11.5. The van der Waals surface area contributed by atoms with Crippen molar-refractivity contribution in [3.8, 4) is 5.75 Å². The van der Waals surface area contributed by atoms with Crippen LogP contribution in [0.15, 0.2) is 18.2 Å². The summed E-state index contributed by atoms with van der Waals surface area (Å²) < 4.78 is 10.3. The highest BCUT2D eigenvalue weighted by Gasteiger charge is 2.45. The molecule has 0 bridgehead atoms. The third-order valence-electron chi connectivity index (χ3n) is 3.21. The maximum atomic E-state index is 11.5. The Morgan fingerprint density at radius 3 is 2.88 bits per heavy atom. The Morgan fingerprint density at radius 1 is 1.59 bits per heavy atom. The number of hydrogen-bond acceptors (Lipinski definition) is 4. The van der Waals surface area contributed by atoms with Gasteiger partial charge in [-0.2, -0.15) is 0 Å². The number of nitrogens with two attached hydrogens (primary N) is 1. The molecule has 1 aromatic rings. The molecule has 0 spiro atoms. The van der Waals surface area contributed by atoms with E-state index >= 15 is 0 Å². The quantitative estimate of drug-likeness (QED) is 0.767. The van der Waals surface area contributed by atoms with E-state index in [0.29, 0.717) is 30.0 Å². The lowest BCUT2D eigenvalue weighted by atomic mass is 9.79. The molecule has 1 aliphatic rings. The minimum Gasteiger partial charge on any atom is -0.497 e. The summed E-state index contributed by atoms with van der Waals surface area (Å²) in [5.41, 5.74) is 5.86. The van der Waals surface area contributed by atoms with Crippen molar-refractivity contribution in [2.45, 2.75) is 11.8 Å². The van der Waals surface area contributed by atoms with E-state index in [1.807, 2.05) is 0 Å². The second-order valence-corrected chi connectivity index (χ2v) is 4.14. The van der Waals surface area contributed by atoms with Gasteiger partial charge >= 0.3 is 5.97 Å². The third kappa shape index (κ3) is 1.82. The van der Waals surface area contributed by atoms with Gasteiger partial charge in [0.05, 0.1) is 13.7 Å². The van der Waals surface area contributed by atoms with E-state index in [4.69, 9.17) is 15.2 Å². The topological polar surface area (TPSA) is 81.8 Å². The van der Waals surface area contributed by atoms with E-state index < -0.39 is 11.4 Å². The molecule has 1 unspecified atom stereocenters. The van der Waals surface area contributed by atoms with Crippen molar-refractivity contribution in [2.24, 2.45) is 0 Å². The Labute approximate surface area is 99.1 Å². The molecular weight excluding hydrogens is 222 g/mol. The standard InChI is InChI=1S/C12H15NO4/c1-16-8-2-3-10(13)9(6-8)12(11(14)15)4-5-17-7-12/h2-3,6H,4-5,7,13H2,1H3,(H,14,15). The Bertz CT molecular complexity index is 438. The zero-order valence-electron chi connectivity index (χ0n) is 9.60. The van der Waals surface area contributed by atoms with Crippen molar-refractivity contribution in [1.29, 1.82) is 0 Å². The second-order valence-electron chi connectivity index (χ2n) is 4.14. The molecule has 0 aromatic heterocycles. The van der Waals surface area contributed by atoms with Gasteiger partial charge in [-0.3, -0.25) is 4.79 Å². The van der Waals surface area contributed by atoms with Gasteiger partial charge in [0.2, 0.25) is 0 Å². The molecule has 0 radical (unpaired) electrons. The highest BCUT2D eigenvalue weighted by molar-refractivity contribution is 5.84. The molecule has 1 aromatic carbocycles. The Morgan fingerprint density at radius 2 is 2.35 bits per heavy atom. The van der Waals surface area contributed by atoms with E-state index in [2.05, 4.69) is 0 Å². The molecule has 2 rings (SSSR count). The van der Waals surface area contributed by atoms with E-state index in [0.717, 1.165) is 0 Å². The molecule has 0 saturated carbocycles. The predicted molar refractivity (Wildman–Crippen MR) is 62.2 cm³/mol. The molecule has 1 fully saturated rings. The summed E-state index contributed by atoms with van der Waals surface area (Å²) in [4.78, 5) is 11.5. The largest absolute Gasteiger partial charge is 0.497 e. The maximum Gasteiger partial charge on any atom is 0.316 e. The average Bonchev–Trinajstić information content (AvgIpc) is 2.80. The Kier molecular flexibility index (Phi) is 2.93. The van der Waals surface area contributed by atoms with E-state index in [9.17, 15) is 9.90 Å². The second kappa shape index (κ2) is 4.25. The first-order chi connectivity index (χ1) is 8.10. The van der Waals surface area contributed by atoms with Crippen LogP contribution in [0.25, 0.3) is 0 Å². The van der Waals surface area contributed by atoms with Crippen molar-refractivity contribution < 1.29 is 19.4 Å². The van der Waals surface area contributed by atoms with Crippen molar-refractivity contribution in [1.82, 2.24) is 0 Å². The highest BCUT2D eigenvalue weighted by Crippen LogP contribution is 2.38. The number of anilines is 1. The predicted octanol–water partition coefficient (Wildman–Crippen LogP) is 1.02. The van der Waals surface area contributed by atoms with Crippen LogP contribution in [-0.4, -0.2) is 31.4 Å². The van der Waals surface area contributed by atoms with Crippen LogP contribution < -0.4 is 10.5 Å². The summed E-state index contributed by atoms with van der Waals surface area (Å²) >= 11 is 0. The van der Waals surface area contributed by atoms with Crippen molar-refractivity contribution in [3.05, 3.63) is 23.8 Å². The molecule has 0 aliphatic carbocycles. The molecular formula is C12H15NO4. The Hall–Kier alpha value is -1.75. The monoisotopic (exact) mass is 237 g/mol. The van der Waals surface area contributed by atoms with Crippen LogP contribution in [0.5, 0.6) is 5.75 Å². The number of aliphatic carboxylic acids is 1. The minimum atomic E-state index is -1.04. The summed E-state index contributed by atoms with van der Waals surface area (Å²) in [6, 6.07) is 5.06. The molecule has 1 heterocycles. The number of methoxy groups -OCH3 is 1. The Balaban J connectivity index is 2.53. The first-order valence-corrected chi connectivity index (χ1v) is 5.35. The lowest BCUT2D eigenvalue weighted by Gasteiger charge is -2.24. The van der Waals surface area contributed by atoms with Gasteiger partial charge in [-0.25, -0.2) is 0 Å². The molecule has 5 heteroatoms. The van der Waals surface area contributed by atoms with Crippen LogP contribution in [0.4, 0.5) is 5.69 Å². The van der Waals surface area contributed by atoms with Gasteiger partial charge in [0.1, 0.15) is 11.2 Å². The number of rotatable bonds is 3. The van der Waals surface area contributed by atoms with Gasteiger partial charge < -0.3 is 20.3 Å². The number of carboxylic acid groups (broad SMARTS) is 1. The van der Waals surface area contributed by atoms with Gasteiger partial charge in [0, 0.05) is 12.3 Å². The molecule has 3 N–H and O–H groups in total. The summed E-state index contributed by atoms with van der Waals surface area (Å²) in [5, 5.41) is 9.43. The average molecular weight is 237 g/mol. The number of benzene rings is 1. The third-order valence-corrected chi connectivity index (χ3v) is 3.21. The summed E-state index contributed by atoms with van der Waals surface area (Å²) in [6.45, 7) is 0.586. The lowest BCUT2D eigenvalue weighted by Crippen LogP contribution is -2.37. The molecule has 0 amide bonds. The van der Waals surface area contributed by atoms with Gasteiger partial charge in [-0.05, 0) is 30.2 Å². The number of carboxylic acids is 1. The van der Waals surface area contributed by atoms with Gasteiger partial charge in [-0.15, -0.1) is 0 Å². The summed E-state index contributed by atoms with van der Waals surface area (Å²) in [6.07, 6.45) is 0.430. The number of nitrogen functional groups attached to an aromatic ring is 1. The zero-order valence-corrected chi connectivity index (χ0v) is 9.60. The number of ether oxygens (including phenoxy) is 2. The lowest BCUT2D eigenvalue weighted by molar-refractivity contribution is -0.143. The van der Waals surface area contributed by atoms with Crippen LogP contribution in [-0.2, 0) is 14.9 Å². The normalized spacial score (nSPS) is 23.6. The summed E-state index contributed by atoms with van der Waals surface area (Å²) in [7, 11) is 1.54. The number of carbonyl (C=O) groups is 1. The van der Waals surface area contributed by atoms with Crippen LogP contribution in [0.2, 0.25) is 0 Å². The smallest absolute Gasteiger partial charge is 0.316 e. The fourth-order valence-electron chi connectivity index (χ4n) is 2.14. The fourth-order valence-corrected chi connectivity index (χ4v) is 2.14. The van der Waals surface area contributed by atoms with Crippen LogP contribution >= 0.6 is 0 Å². The molecule has 17 heavy (non-hydrogen) atoms. The summed E-state index contributed by atoms with van der Waals surface area (Å²) in [5.74, 6) is -0.309. The fraction of sp³-hybridized carbons (Fsp3) is 0.417. The van der Waals surface area contributed by atoms with Crippen molar-refractivity contribution in [2.75, 3.05) is 26.1 Å². The minimum absolute atomic E-state index is 0.152. The van der Waals surface area contributed by atoms with Crippen molar-refractivity contribution in [3.63, 3.8) is 0 Å². The zero-order chi connectivity index (χ0) is 12.5. The van der Waals surface area contributed by atoms with E-state index in [1.54, 1.807) is 18.2 Å². The van der Waals surface area contributed by atoms with E-state index in [-0.39, 0.29) is 6.61 Å². The molecule has 1 aliphatic heterocycles. The van der Waals surface area contributed by atoms with Crippen LogP contribution in [0, 0.1) is 0 Å². The van der Waals surface area contributed by atoms with Gasteiger partial charge in [0.15, 0.2) is 0 Å². The SMILES string of the molecule is COc1ccc(N)c(C2(C(=O)O)CCOC2)c1. The van der Waals surface area contributed by atoms with Crippen LogP contribution in [0.3, 0.4) is 0 Å². The first kappa shape index (κ1) is 11.7.